The van der Waals surface area contributed by atoms with Gasteiger partial charge in [0.05, 0.1) is 17.0 Å². The second-order valence-electron chi connectivity index (χ2n) is 8.61. The number of carbonyl (C=O) groups is 1. The lowest BCUT2D eigenvalue weighted by Gasteiger charge is -2.21. The smallest absolute Gasteiger partial charge is 0.255 e. The maximum atomic E-state index is 13.1. The summed E-state index contributed by atoms with van der Waals surface area (Å²) in [5, 5.41) is 4.00. The van der Waals surface area contributed by atoms with E-state index in [1.165, 1.54) is 5.56 Å². The quantitative estimate of drug-likeness (QED) is 0.436. The monoisotopic (exact) mass is 455 g/mol. The molecule has 0 radical (unpaired) electrons. The number of halogens is 2. The van der Waals surface area contributed by atoms with Gasteiger partial charge in [-0.1, -0.05) is 74.3 Å². The Morgan fingerprint density at radius 1 is 1.00 bits per heavy atom. The van der Waals surface area contributed by atoms with E-state index in [9.17, 15) is 4.79 Å². The van der Waals surface area contributed by atoms with E-state index < -0.39 is 0 Å². The zero-order valence-electron chi connectivity index (χ0n) is 18.3. The fraction of sp³-hybridized carbons (Fsp3) is 0.320. The number of carbonyl (C=O) groups excluding carboxylic acids is 1. The summed E-state index contributed by atoms with van der Waals surface area (Å²) < 4.78 is 0. The van der Waals surface area contributed by atoms with Crippen LogP contribution in [-0.4, -0.2) is 22.4 Å². The van der Waals surface area contributed by atoms with Crippen LogP contribution >= 0.6 is 23.2 Å². The summed E-state index contributed by atoms with van der Waals surface area (Å²) in [6.07, 6.45) is 1.74. The van der Waals surface area contributed by atoms with Gasteiger partial charge in [0.2, 0.25) is 0 Å². The molecule has 0 aliphatic carbocycles. The van der Waals surface area contributed by atoms with Crippen LogP contribution in [0.4, 0.5) is 0 Å². The van der Waals surface area contributed by atoms with Gasteiger partial charge in [0.1, 0.15) is 5.82 Å². The Balaban J connectivity index is 1.89. The molecular weight excluding hydrogens is 429 g/mol. The lowest BCUT2D eigenvalue weighted by molar-refractivity contribution is 0.0952. The molecule has 0 aliphatic rings. The van der Waals surface area contributed by atoms with Crippen molar-refractivity contribution >= 4 is 29.1 Å². The van der Waals surface area contributed by atoms with Crippen molar-refractivity contribution in [1.82, 2.24) is 15.3 Å². The second kappa shape index (κ2) is 9.80. The van der Waals surface area contributed by atoms with Crippen LogP contribution < -0.4 is 5.32 Å². The minimum absolute atomic E-state index is 0.197. The molecule has 31 heavy (non-hydrogen) atoms. The molecule has 1 aromatic heterocycles. The predicted molar refractivity (Wildman–Crippen MR) is 128 cm³/mol. The minimum atomic E-state index is -0.271. The topological polar surface area (TPSA) is 54.9 Å². The zero-order valence-corrected chi connectivity index (χ0v) is 19.8. The molecule has 1 amide bonds. The van der Waals surface area contributed by atoms with Crippen molar-refractivity contribution in [1.29, 1.82) is 0 Å². The number of benzene rings is 2. The lowest BCUT2D eigenvalue weighted by atomic mass is 9.94. The van der Waals surface area contributed by atoms with E-state index in [1.54, 1.807) is 18.2 Å². The van der Waals surface area contributed by atoms with E-state index in [0.29, 0.717) is 44.9 Å². The molecule has 6 heteroatoms. The van der Waals surface area contributed by atoms with E-state index in [0.717, 1.165) is 12.8 Å². The third kappa shape index (κ3) is 6.05. The molecule has 0 bridgehead atoms. The van der Waals surface area contributed by atoms with Crippen LogP contribution in [-0.2, 0) is 11.8 Å². The van der Waals surface area contributed by atoms with Crippen LogP contribution in [0.3, 0.4) is 0 Å². The molecule has 0 saturated heterocycles. The first-order chi connectivity index (χ1) is 14.6. The molecule has 0 unspecified atom stereocenters. The van der Waals surface area contributed by atoms with Crippen LogP contribution in [0.2, 0.25) is 10.0 Å². The van der Waals surface area contributed by atoms with Crippen LogP contribution in [0.1, 0.15) is 54.6 Å². The highest BCUT2D eigenvalue weighted by molar-refractivity contribution is 6.35. The van der Waals surface area contributed by atoms with E-state index in [2.05, 4.69) is 22.4 Å². The van der Waals surface area contributed by atoms with Crippen LogP contribution in [0.5, 0.6) is 0 Å². The van der Waals surface area contributed by atoms with Crippen molar-refractivity contribution in [3.05, 3.63) is 81.2 Å². The van der Waals surface area contributed by atoms with Gasteiger partial charge >= 0.3 is 0 Å². The first kappa shape index (κ1) is 23.2. The predicted octanol–water partition coefficient (Wildman–Crippen LogP) is 6.42. The molecule has 0 spiro atoms. The first-order valence-electron chi connectivity index (χ1n) is 10.3. The van der Waals surface area contributed by atoms with E-state index in [-0.39, 0.29) is 11.3 Å². The summed E-state index contributed by atoms with van der Waals surface area (Å²) in [5.41, 5.74) is 3.30. The molecule has 1 heterocycles. The fourth-order valence-electron chi connectivity index (χ4n) is 3.31. The molecule has 3 aromatic rings. The van der Waals surface area contributed by atoms with Gasteiger partial charge in [-0.05, 0) is 43.5 Å². The van der Waals surface area contributed by atoms with E-state index in [4.69, 9.17) is 28.2 Å². The summed E-state index contributed by atoms with van der Waals surface area (Å²) >= 11 is 12.5. The molecule has 0 fully saturated rings. The van der Waals surface area contributed by atoms with Crippen molar-refractivity contribution in [3.8, 4) is 11.3 Å². The summed E-state index contributed by atoms with van der Waals surface area (Å²) in [6.45, 7) is 8.52. The van der Waals surface area contributed by atoms with Gasteiger partial charge in [-0.15, -0.1) is 0 Å². The first-order valence-corrected chi connectivity index (χ1v) is 11.1. The summed E-state index contributed by atoms with van der Waals surface area (Å²) in [7, 11) is 0. The Labute approximate surface area is 194 Å². The average molecular weight is 456 g/mol. The second-order valence-corrected chi connectivity index (χ2v) is 9.48. The molecule has 0 aliphatic heterocycles. The van der Waals surface area contributed by atoms with Gasteiger partial charge < -0.3 is 5.32 Å². The van der Waals surface area contributed by atoms with Crippen molar-refractivity contribution in [2.75, 3.05) is 6.54 Å². The molecule has 3 rings (SSSR count). The Bertz CT molecular complexity index is 1060. The highest BCUT2D eigenvalue weighted by Crippen LogP contribution is 2.31. The maximum Gasteiger partial charge on any atom is 0.255 e. The van der Waals surface area contributed by atoms with Crippen LogP contribution in [0.15, 0.2) is 48.5 Å². The Hall–Kier alpha value is -2.43. The third-order valence-corrected chi connectivity index (χ3v) is 5.33. The van der Waals surface area contributed by atoms with Gasteiger partial charge in [0.15, 0.2) is 0 Å². The normalized spacial score (nSPS) is 11.4. The largest absolute Gasteiger partial charge is 0.352 e. The van der Waals surface area contributed by atoms with Crippen molar-refractivity contribution in [3.63, 3.8) is 0 Å². The van der Waals surface area contributed by atoms with Crippen LogP contribution in [0.25, 0.3) is 11.3 Å². The van der Waals surface area contributed by atoms with Gasteiger partial charge in [-0.25, -0.2) is 9.97 Å². The summed E-state index contributed by atoms with van der Waals surface area (Å²) in [4.78, 5) is 22.5. The van der Waals surface area contributed by atoms with Gasteiger partial charge in [-0.3, -0.25) is 4.79 Å². The van der Waals surface area contributed by atoms with Gasteiger partial charge in [0, 0.05) is 27.6 Å². The minimum Gasteiger partial charge on any atom is -0.352 e. The fourth-order valence-corrected chi connectivity index (χ4v) is 3.83. The van der Waals surface area contributed by atoms with E-state index in [1.807, 2.05) is 45.9 Å². The zero-order chi connectivity index (χ0) is 22.6. The summed E-state index contributed by atoms with van der Waals surface area (Å²) in [5.74, 6) is 0.467. The highest BCUT2D eigenvalue weighted by Gasteiger charge is 2.25. The van der Waals surface area contributed by atoms with Crippen molar-refractivity contribution in [2.45, 2.75) is 46.0 Å². The number of aromatic nitrogens is 2. The van der Waals surface area contributed by atoms with Gasteiger partial charge in [0.25, 0.3) is 5.91 Å². The van der Waals surface area contributed by atoms with Crippen LogP contribution in [0, 0.1) is 6.92 Å². The van der Waals surface area contributed by atoms with Crippen molar-refractivity contribution in [2.24, 2.45) is 0 Å². The Kier molecular flexibility index (Phi) is 7.34. The lowest BCUT2D eigenvalue weighted by Crippen LogP contribution is -2.28. The Morgan fingerprint density at radius 2 is 1.65 bits per heavy atom. The number of nitrogens with zero attached hydrogens (tertiary/aromatic N) is 2. The molecular formula is C25H27Cl2N3O. The highest BCUT2D eigenvalue weighted by atomic mass is 35.5. The third-order valence-electron chi connectivity index (χ3n) is 4.89. The molecule has 162 valence electrons. The number of hydrogen-bond acceptors (Lipinski definition) is 3. The molecule has 4 nitrogen and oxygen atoms in total. The van der Waals surface area contributed by atoms with Crippen molar-refractivity contribution < 1.29 is 4.79 Å². The number of aryl methyl sites for hydroxylation is 2. The van der Waals surface area contributed by atoms with E-state index >= 15 is 0 Å². The molecule has 0 saturated carbocycles. The Morgan fingerprint density at radius 3 is 2.26 bits per heavy atom. The van der Waals surface area contributed by atoms with Gasteiger partial charge in [-0.2, -0.15) is 0 Å². The maximum absolute atomic E-state index is 13.1. The molecule has 2 aromatic carbocycles. The molecule has 0 atom stereocenters. The molecule has 1 N–H and O–H groups in total. The standard InChI is InChI=1S/C25H27Cl2N3O/c1-16-21(23(31)28-12-8-11-17-9-6-5-7-10-17)22(30-24(29-16)25(2,3)4)18-13-19(26)15-20(27)14-18/h5-7,9-10,13-15H,8,11-12H2,1-4H3,(H,28,31). The summed E-state index contributed by atoms with van der Waals surface area (Å²) in [6, 6.07) is 15.4. The average Bonchev–Trinajstić information content (AvgIpc) is 2.70. The SMILES string of the molecule is Cc1nc(C(C)(C)C)nc(-c2cc(Cl)cc(Cl)c2)c1C(=O)NCCCc1ccccc1. The number of amides is 1. The number of nitrogens with one attached hydrogen (secondary N) is 1. The number of rotatable bonds is 6. The number of hydrogen-bond donors (Lipinski definition) is 1.